The predicted molar refractivity (Wildman–Crippen MR) is 96.5 cm³/mol. The average molecular weight is 350 g/mol. The molecule has 0 spiro atoms. The second-order valence-electron chi connectivity index (χ2n) is 6.91. The second-order valence-corrected chi connectivity index (χ2v) is 7.90. The van der Waals surface area contributed by atoms with Crippen molar-refractivity contribution >= 4 is 17.7 Å². The van der Waals surface area contributed by atoms with Gasteiger partial charge < -0.3 is 5.32 Å². The maximum atomic E-state index is 12.4. The van der Waals surface area contributed by atoms with Gasteiger partial charge in [-0.2, -0.15) is 0 Å². The molecule has 132 valence electrons. The summed E-state index contributed by atoms with van der Waals surface area (Å²) < 4.78 is 1.72. The Morgan fingerprint density at radius 2 is 2.08 bits per heavy atom. The van der Waals surface area contributed by atoms with Crippen LogP contribution < -0.4 is 10.9 Å². The molecule has 1 fully saturated rings. The van der Waals surface area contributed by atoms with Crippen LogP contribution in [0.15, 0.2) is 16.0 Å². The van der Waals surface area contributed by atoms with Crippen molar-refractivity contribution in [1.29, 1.82) is 0 Å². The first-order chi connectivity index (χ1) is 11.7. The van der Waals surface area contributed by atoms with E-state index in [1.807, 2.05) is 0 Å². The van der Waals surface area contributed by atoms with Gasteiger partial charge >= 0.3 is 0 Å². The van der Waals surface area contributed by atoms with Crippen LogP contribution in [0, 0.1) is 0 Å². The number of rotatable bonds is 5. The van der Waals surface area contributed by atoms with Crippen molar-refractivity contribution in [2.45, 2.75) is 82.0 Å². The third-order valence-corrected chi connectivity index (χ3v) is 5.99. The molecule has 5 nitrogen and oxygen atoms in total. The minimum Gasteiger partial charge on any atom is -0.353 e. The van der Waals surface area contributed by atoms with Crippen LogP contribution >= 0.6 is 11.8 Å². The molecular weight excluding hydrogens is 322 g/mol. The normalized spacial score (nSPS) is 21.3. The summed E-state index contributed by atoms with van der Waals surface area (Å²) in [6.45, 7) is 2.08. The van der Waals surface area contributed by atoms with Crippen molar-refractivity contribution in [2.75, 3.05) is 5.75 Å². The first-order valence-electron chi connectivity index (χ1n) is 9.22. The highest BCUT2D eigenvalue weighted by Crippen LogP contribution is 2.32. The van der Waals surface area contributed by atoms with Gasteiger partial charge in [0.15, 0.2) is 5.16 Å². The number of thioether (sulfide) groups is 1. The van der Waals surface area contributed by atoms with Gasteiger partial charge in [0.2, 0.25) is 5.91 Å². The second kappa shape index (κ2) is 8.19. The summed E-state index contributed by atoms with van der Waals surface area (Å²) in [7, 11) is 0. The third-order valence-electron chi connectivity index (χ3n) is 4.89. The van der Waals surface area contributed by atoms with E-state index in [0.717, 1.165) is 42.3 Å². The summed E-state index contributed by atoms with van der Waals surface area (Å²) in [5, 5.41) is 3.96. The molecule has 1 N–H and O–H groups in total. The zero-order chi connectivity index (χ0) is 16.9. The fourth-order valence-electron chi connectivity index (χ4n) is 3.66. The molecule has 1 aromatic heterocycles. The van der Waals surface area contributed by atoms with Crippen LogP contribution in [0.4, 0.5) is 0 Å². The van der Waals surface area contributed by atoms with Gasteiger partial charge in [0.05, 0.1) is 6.04 Å². The van der Waals surface area contributed by atoms with Gasteiger partial charge in [-0.1, -0.05) is 50.8 Å². The fourth-order valence-corrected chi connectivity index (χ4v) is 4.83. The summed E-state index contributed by atoms with van der Waals surface area (Å²) in [6, 6.07) is 1.89. The molecule has 24 heavy (non-hydrogen) atoms. The quantitative estimate of drug-likeness (QED) is 0.655. The molecule has 6 heteroatoms. The van der Waals surface area contributed by atoms with Crippen molar-refractivity contribution in [3.8, 4) is 0 Å². The van der Waals surface area contributed by atoms with Crippen LogP contribution in [-0.2, 0) is 11.2 Å². The number of aromatic nitrogens is 2. The largest absolute Gasteiger partial charge is 0.353 e. The van der Waals surface area contributed by atoms with E-state index in [0.29, 0.717) is 12.5 Å². The number of fused-ring (bicyclic) bond motifs is 1. The summed E-state index contributed by atoms with van der Waals surface area (Å²) >= 11 is 1.59. The highest BCUT2D eigenvalue weighted by Gasteiger charge is 2.28. The van der Waals surface area contributed by atoms with E-state index in [1.165, 1.54) is 25.7 Å². The molecule has 2 aliphatic rings. The fraction of sp³-hybridized carbons (Fsp3) is 0.722. The smallest absolute Gasteiger partial charge is 0.254 e. The molecule has 1 aliphatic heterocycles. The van der Waals surface area contributed by atoms with Crippen LogP contribution in [0.2, 0.25) is 0 Å². The number of carbonyl (C=O) groups is 1. The molecule has 1 saturated carbocycles. The molecule has 0 radical (unpaired) electrons. The molecule has 0 aromatic carbocycles. The zero-order valence-electron chi connectivity index (χ0n) is 14.4. The molecule has 3 rings (SSSR count). The van der Waals surface area contributed by atoms with Crippen molar-refractivity contribution in [1.82, 2.24) is 14.9 Å². The minimum absolute atomic E-state index is 0.0132. The van der Waals surface area contributed by atoms with Crippen molar-refractivity contribution < 1.29 is 4.79 Å². The van der Waals surface area contributed by atoms with E-state index in [9.17, 15) is 9.59 Å². The molecule has 0 bridgehead atoms. The third kappa shape index (κ3) is 4.21. The Hall–Kier alpha value is -1.30. The Kier molecular flexibility index (Phi) is 5.98. The molecule has 1 aliphatic carbocycles. The lowest BCUT2D eigenvalue weighted by Gasteiger charge is -2.18. The molecule has 2 heterocycles. The van der Waals surface area contributed by atoms with E-state index < -0.39 is 0 Å². The van der Waals surface area contributed by atoms with E-state index in [2.05, 4.69) is 17.2 Å². The molecular formula is C18H27N3O2S. The maximum absolute atomic E-state index is 12.4. The SMILES string of the molecule is CCCc1cc(=O)n2c(n1)SCC2CC(=O)NC1CCCCCC1. The van der Waals surface area contributed by atoms with Gasteiger partial charge in [0.25, 0.3) is 5.56 Å². The number of carbonyl (C=O) groups excluding carboxylic acids is 1. The Balaban J connectivity index is 1.63. The number of hydrogen-bond acceptors (Lipinski definition) is 4. The molecule has 1 aromatic rings. The lowest BCUT2D eigenvalue weighted by Crippen LogP contribution is -2.36. The average Bonchev–Trinajstić information content (AvgIpc) is 2.77. The number of nitrogens with one attached hydrogen (secondary N) is 1. The Labute approximate surface area is 147 Å². The summed E-state index contributed by atoms with van der Waals surface area (Å²) in [5.41, 5.74) is 0.852. The maximum Gasteiger partial charge on any atom is 0.254 e. The lowest BCUT2D eigenvalue weighted by atomic mass is 10.1. The van der Waals surface area contributed by atoms with Crippen molar-refractivity contribution in [3.05, 3.63) is 22.1 Å². The van der Waals surface area contributed by atoms with Gasteiger partial charge in [0, 0.05) is 30.0 Å². The highest BCUT2D eigenvalue weighted by molar-refractivity contribution is 7.99. The zero-order valence-corrected chi connectivity index (χ0v) is 15.2. The Bertz CT molecular complexity index is 636. The standard InChI is InChI=1S/C18H27N3O2S/c1-2-7-14-10-17(23)21-15(12-24-18(21)20-14)11-16(22)19-13-8-5-3-4-6-9-13/h10,13,15H,2-9,11-12H2,1H3,(H,19,22). The van der Waals surface area contributed by atoms with E-state index in [4.69, 9.17) is 0 Å². The van der Waals surface area contributed by atoms with Gasteiger partial charge in [0.1, 0.15) is 0 Å². The van der Waals surface area contributed by atoms with E-state index in [1.54, 1.807) is 22.4 Å². The van der Waals surface area contributed by atoms with E-state index >= 15 is 0 Å². The van der Waals surface area contributed by atoms with Gasteiger partial charge in [-0.15, -0.1) is 0 Å². The molecule has 1 atom stereocenters. The first-order valence-corrected chi connectivity index (χ1v) is 10.2. The Morgan fingerprint density at radius 3 is 2.79 bits per heavy atom. The highest BCUT2D eigenvalue weighted by atomic mass is 32.2. The van der Waals surface area contributed by atoms with Gasteiger partial charge in [-0.05, 0) is 19.3 Å². The number of nitrogens with zero attached hydrogens (tertiary/aromatic N) is 2. The number of amides is 1. The van der Waals surface area contributed by atoms with Crippen LogP contribution in [0.5, 0.6) is 0 Å². The summed E-state index contributed by atoms with van der Waals surface area (Å²) in [5.74, 6) is 0.834. The van der Waals surface area contributed by atoms with Crippen LogP contribution in [0.3, 0.4) is 0 Å². The van der Waals surface area contributed by atoms with Crippen LogP contribution in [-0.4, -0.2) is 27.3 Å². The topological polar surface area (TPSA) is 64.0 Å². The Morgan fingerprint density at radius 1 is 1.33 bits per heavy atom. The van der Waals surface area contributed by atoms with Crippen molar-refractivity contribution in [3.63, 3.8) is 0 Å². The molecule has 1 unspecified atom stereocenters. The molecule has 1 amide bonds. The van der Waals surface area contributed by atoms with Gasteiger partial charge in [-0.3, -0.25) is 14.2 Å². The predicted octanol–water partition coefficient (Wildman–Crippen LogP) is 3.07. The minimum atomic E-state index is -0.0635. The summed E-state index contributed by atoms with van der Waals surface area (Å²) in [4.78, 5) is 29.4. The van der Waals surface area contributed by atoms with Gasteiger partial charge in [-0.25, -0.2) is 4.98 Å². The monoisotopic (exact) mass is 349 g/mol. The van der Waals surface area contributed by atoms with Crippen LogP contribution in [0.25, 0.3) is 0 Å². The van der Waals surface area contributed by atoms with E-state index in [-0.39, 0.29) is 17.5 Å². The molecule has 0 saturated heterocycles. The van der Waals surface area contributed by atoms with Crippen LogP contribution in [0.1, 0.15) is 70.0 Å². The lowest BCUT2D eigenvalue weighted by molar-refractivity contribution is -0.122. The van der Waals surface area contributed by atoms with Crippen molar-refractivity contribution in [2.24, 2.45) is 0 Å². The number of hydrogen-bond donors (Lipinski definition) is 1. The number of aryl methyl sites for hydroxylation is 1. The first kappa shape index (κ1) is 17.5. The summed E-state index contributed by atoms with van der Waals surface area (Å²) in [6.07, 6.45) is 9.33.